The van der Waals surface area contributed by atoms with E-state index in [1.165, 1.54) is 27.9 Å². The van der Waals surface area contributed by atoms with Gasteiger partial charge in [-0.15, -0.1) is 0 Å². The van der Waals surface area contributed by atoms with Gasteiger partial charge >= 0.3 is 0 Å². The minimum atomic E-state index is 0.406. The molecule has 1 heterocycles. The Labute approximate surface area is 133 Å². The smallest absolute Gasteiger partial charge is 0.0607 e. The summed E-state index contributed by atoms with van der Waals surface area (Å²) in [6.45, 7) is 4.34. The molecule has 20 heavy (non-hydrogen) atoms. The number of anilines is 1. The second-order valence-corrected chi connectivity index (χ2v) is 7.27. The molecule has 1 nitrogen and oxygen atoms in total. The molecule has 1 atom stereocenters. The fourth-order valence-electron chi connectivity index (χ4n) is 2.81. The van der Waals surface area contributed by atoms with Crippen LogP contribution in [-0.2, 0) is 5.75 Å². The summed E-state index contributed by atoms with van der Waals surface area (Å²) >= 11 is 5.57. The summed E-state index contributed by atoms with van der Waals surface area (Å²) in [5.74, 6) is 2.26. The fraction of sp³-hybridized carbons (Fsp3) is 0.294. The third-order valence-electron chi connectivity index (χ3n) is 3.79. The van der Waals surface area contributed by atoms with Gasteiger partial charge < -0.3 is 5.32 Å². The van der Waals surface area contributed by atoms with E-state index in [-0.39, 0.29) is 0 Å². The normalized spacial score (nSPS) is 17.6. The predicted octanol–water partition coefficient (Wildman–Crippen LogP) is 5.47. The Kier molecular flexibility index (Phi) is 4.08. The van der Waals surface area contributed by atoms with Crippen LogP contribution < -0.4 is 5.32 Å². The lowest BCUT2D eigenvalue weighted by atomic mass is 10.0. The molecular weight excluding hydrogens is 330 g/mol. The van der Waals surface area contributed by atoms with Crippen LogP contribution >= 0.6 is 27.7 Å². The van der Waals surface area contributed by atoms with Gasteiger partial charge in [0.15, 0.2) is 0 Å². The maximum Gasteiger partial charge on any atom is 0.0607 e. The Bertz CT molecular complexity index is 616. The number of hydrogen-bond acceptors (Lipinski definition) is 2. The van der Waals surface area contributed by atoms with Gasteiger partial charge in [-0.25, -0.2) is 0 Å². The van der Waals surface area contributed by atoms with E-state index >= 15 is 0 Å². The van der Waals surface area contributed by atoms with E-state index in [9.17, 15) is 0 Å². The highest BCUT2D eigenvalue weighted by Crippen LogP contribution is 2.36. The van der Waals surface area contributed by atoms with Crippen molar-refractivity contribution >= 4 is 33.4 Å². The lowest BCUT2D eigenvalue weighted by Gasteiger charge is -2.28. The summed E-state index contributed by atoms with van der Waals surface area (Å²) in [5.41, 5.74) is 6.78. The fourth-order valence-corrected chi connectivity index (χ4v) is 4.60. The van der Waals surface area contributed by atoms with Gasteiger partial charge in [0.2, 0.25) is 0 Å². The minimum Gasteiger partial charge on any atom is -0.377 e. The molecule has 1 unspecified atom stereocenters. The Morgan fingerprint density at radius 2 is 1.85 bits per heavy atom. The van der Waals surface area contributed by atoms with Crippen molar-refractivity contribution in [3.8, 4) is 0 Å². The van der Waals surface area contributed by atoms with Crippen LogP contribution in [0, 0.1) is 13.8 Å². The zero-order valence-corrected chi connectivity index (χ0v) is 14.1. The Morgan fingerprint density at radius 3 is 2.60 bits per heavy atom. The van der Waals surface area contributed by atoms with E-state index in [2.05, 4.69) is 71.5 Å². The average molecular weight is 348 g/mol. The van der Waals surface area contributed by atoms with E-state index in [1.807, 2.05) is 11.8 Å². The summed E-state index contributed by atoms with van der Waals surface area (Å²) in [6, 6.07) is 13.5. The molecular formula is C17H18BrNS. The molecule has 0 aliphatic carbocycles. The highest BCUT2D eigenvalue weighted by molar-refractivity contribution is 9.10. The molecule has 0 spiro atoms. The van der Waals surface area contributed by atoms with Crippen LogP contribution in [0.5, 0.6) is 0 Å². The molecule has 1 N–H and O–H groups in total. The van der Waals surface area contributed by atoms with E-state index < -0.39 is 0 Å². The van der Waals surface area contributed by atoms with Crippen LogP contribution in [0.15, 0.2) is 40.9 Å². The summed E-state index contributed by atoms with van der Waals surface area (Å²) in [4.78, 5) is 0. The molecule has 3 rings (SSSR count). The number of fused-ring (bicyclic) bond motifs is 1. The molecule has 0 saturated heterocycles. The monoisotopic (exact) mass is 347 g/mol. The predicted molar refractivity (Wildman–Crippen MR) is 92.6 cm³/mol. The topological polar surface area (TPSA) is 12.0 Å². The molecule has 1 aliphatic rings. The number of nitrogens with one attached hydrogen (secondary N) is 1. The molecule has 1 aliphatic heterocycles. The van der Waals surface area contributed by atoms with Crippen molar-refractivity contribution in [1.29, 1.82) is 0 Å². The maximum atomic E-state index is 3.76. The summed E-state index contributed by atoms with van der Waals surface area (Å²) in [6.07, 6.45) is 0. The quantitative estimate of drug-likeness (QED) is 0.773. The highest BCUT2D eigenvalue weighted by Gasteiger charge is 2.21. The second-order valence-electron chi connectivity index (χ2n) is 5.33. The number of hydrogen-bond donors (Lipinski definition) is 1. The van der Waals surface area contributed by atoms with E-state index in [4.69, 9.17) is 0 Å². The lowest BCUT2D eigenvalue weighted by Crippen LogP contribution is -2.19. The highest BCUT2D eigenvalue weighted by atomic mass is 79.9. The molecule has 0 fully saturated rings. The molecule has 0 radical (unpaired) electrons. The zero-order chi connectivity index (χ0) is 14.1. The number of aryl methyl sites for hydroxylation is 2. The first kappa shape index (κ1) is 14.0. The number of thioether (sulfide) groups is 1. The summed E-state index contributed by atoms with van der Waals surface area (Å²) in [7, 11) is 0. The molecule has 2 aromatic rings. The van der Waals surface area contributed by atoms with Crippen molar-refractivity contribution in [3.63, 3.8) is 0 Å². The van der Waals surface area contributed by atoms with E-state index in [1.54, 1.807) is 0 Å². The van der Waals surface area contributed by atoms with Gasteiger partial charge in [-0.2, -0.15) is 11.8 Å². The van der Waals surface area contributed by atoms with Crippen LogP contribution in [0.2, 0.25) is 0 Å². The standard InChI is InChI=1S/C17H18BrNS/c1-11-7-14(18)8-12(2)17(11)19-16-10-20-9-13-5-3-4-6-15(13)16/h3-8,16,19H,9-10H2,1-2H3. The van der Waals surface area contributed by atoms with Crippen molar-refractivity contribution in [2.24, 2.45) is 0 Å². The largest absolute Gasteiger partial charge is 0.377 e. The second kappa shape index (κ2) is 5.82. The van der Waals surface area contributed by atoms with E-state index in [0.717, 1.165) is 16.0 Å². The van der Waals surface area contributed by atoms with Gasteiger partial charge in [-0.1, -0.05) is 40.2 Å². The van der Waals surface area contributed by atoms with Crippen molar-refractivity contribution in [3.05, 3.63) is 63.1 Å². The van der Waals surface area contributed by atoms with Crippen LogP contribution in [-0.4, -0.2) is 5.75 Å². The van der Waals surface area contributed by atoms with Gasteiger partial charge in [-0.3, -0.25) is 0 Å². The van der Waals surface area contributed by atoms with Crippen molar-refractivity contribution in [2.75, 3.05) is 11.1 Å². The Balaban J connectivity index is 1.94. The third kappa shape index (κ3) is 2.75. The van der Waals surface area contributed by atoms with Gasteiger partial charge in [0.25, 0.3) is 0 Å². The summed E-state index contributed by atoms with van der Waals surface area (Å²) in [5, 5.41) is 3.76. The lowest BCUT2D eigenvalue weighted by molar-refractivity contribution is 0.867. The van der Waals surface area contributed by atoms with Crippen LogP contribution in [0.1, 0.15) is 28.3 Å². The first-order chi connectivity index (χ1) is 9.65. The molecule has 2 aromatic carbocycles. The zero-order valence-electron chi connectivity index (χ0n) is 11.7. The van der Waals surface area contributed by atoms with Gasteiger partial charge in [0.1, 0.15) is 0 Å². The van der Waals surface area contributed by atoms with Crippen LogP contribution in [0.3, 0.4) is 0 Å². The number of benzene rings is 2. The minimum absolute atomic E-state index is 0.406. The summed E-state index contributed by atoms with van der Waals surface area (Å²) < 4.78 is 1.15. The molecule has 0 bridgehead atoms. The molecule has 0 amide bonds. The van der Waals surface area contributed by atoms with Gasteiger partial charge in [-0.05, 0) is 48.2 Å². The Morgan fingerprint density at radius 1 is 1.15 bits per heavy atom. The number of halogens is 1. The van der Waals surface area contributed by atoms with E-state index in [0.29, 0.717) is 6.04 Å². The number of rotatable bonds is 2. The van der Waals surface area contributed by atoms with Gasteiger partial charge in [0, 0.05) is 21.7 Å². The van der Waals surface area contributed by atoms with Crippen LogP contribution in [0.4, 0.5) is 5.69 Å². The van der Waals surface area contributed by atoms with Crippen molar-refractivity contribution < 1.29 is 0 Å². The van der Waals surface area contributed by atoms with Crippen molar-refractivity contribution in [2.45, 2.75) is 25.6 Å². The molecule has 3 heteroatoms. The first-order valence-electron chi connectivity index (χ1n) is 6.84. The third-order valence-corrected chi connectivity index (χ3v) is 5.33. The average Bonchev–Trinajstić information content (AvgIpc) is 2.43. The van der Waals surface area contributed by atoms with Crippen LogP contribution in [0.25, 0.3) is 0 Å². The molecule has 104 valence electrons. The van der Waals surface area contributed by atoms with Gasteiger partial charge in [0.05, 0.1) is 6.04 Å². The Hall–Kier alpha value is -0.930. The van der Waals surface area contributed by atoms with Crippen molar-refractivity contribution in [1.82, 2.24) is 0 Å². The molecule has 0 saturated carbocycles. The SMILES string of the molecule is Cc1cc(Br)cc(C)c1NC1CSCc2ccccc21. The maximum absolute atomic E-state index is 3.76. The first-order valence-corrected chi connectivity index (χ1v) is 8.79. The molecule has 0 aromatic heterocycles.